The lowest BCUT2D eigenvalue weighted by Crippen LogP contribution is -2.26. The van der Waals surface area contributed by atoms with Crippen molar-refractivity contribution in [2.24, 2.45) is 0 Å². The third-order valence-electron chi connectivity index (χ3n) is 18.6. The summed E-state index contributed by atoms with van der Waals surface area (Å²) in [5.74, 6) is 0. The molecule has 4 aliphatic carbocycles. The molecule has 0 bridgehead atoms. The van der Waals surface area contributed by atoms with E-state index >= 15 is 0 Å². The van der Waals surface area contributed by atoms with Crippen molar-refractivity contribution < 1.29 is 0 Å². The van der Waals surface area contributed by atoms with Crippen LogP contribution in [0, 0.1) is 0 Å². The molecule has 19 rings (SSSR count). The van der Waals surface area contributed by atoms with Crippen LogP contribution in [0.1, 0.15) is 44.5 Å². The fourth-order valence-corrected chi connectivity index (χ4v) is 17.2. The maximum Gasteiger partial charge on any atom is 0.0726 e. The number of rotatable bonds is 2. The molecule has 0 aliphatic heterocycles. The summed E-state index contributed by atoms with van der Waals surface area (Å²) in [6, 6.07) is 97.0. The van der Waals surface area contributed by atoms with Gasteiger partial charge in [0.25, 0.3) is 0 Å². The molecule has 0 fully saturated rings. The summed E-state index contributed by atoms with van der Waals surface area (Å²) in [5, 5.41) is 7.78. The summed E-state index contributed by atoms with van der Waals surface area (Å²) in [4.78, 5) is 0. The Morgan fingerprint density at radius 2 is 0.532 bits per heavy atom. The smallest absolute Gasteiger partial charge is 0.0726 e. The maximum atomic E-state index is 2.54. The van der Waals surface area contributed by atoms with E-state index in [-0.39, 0.29) is 0 Å². The lowest BCUT2D eigenvalue weighted by molar-refractivity contribution is 0.792. The van der Waals surface area contributed by atoms with Crippen LogP contribution in [0.2, 0.25) is 0 Å². The average Bonchev–Trinajstić information content (AvgIpc) is 4.42. The predicted octanol–water partition coefficient (Wildman–Crippen LogP) is 18.9. The topological polar surface area (TPSA) is 9.86 Å². The van der Waals surface area contributed by atoms with Crippen molar-refractivity contribution in [2.45, 2.75) is 10.8 Å². The van der Waals surface area contributed by atoms with Crippen LogP contribution < -0.4 is 0 Å². The SMILES string of the molecule is c1ccc2c(c1)-c1ccccc1C21c2ccccc2-c2ccc(-n3c4ccccc4c4c5sc6c(ccc7c6c6ccccc6n7-c6ccc7c(c6)C6(c8ccccc8-c8ccccc86)c6ccccc6-7)c5ccc43)cc21. The Kier molecular flexibility index (Phi) is 7.54. The van der Waals surface area contributed by atoms with Gasteiger partial charge in [0.15, 0.2) is 0 Å². The molecular weight excluding hydrogens is 949 g/mol. The number of hydrogen-bond acceptors (Lipinski definition) is 1. The molecule has 0 atom stereocenters. The summed E-state index contributed by atoms with van der Waals surface area (Å²) in [7, 11) is 0. The van der Waals surface area contributed by atoms with Crippen LogP contribution in [0.15, 0.2) is 255 Å². The van der Waals surface area contributed by atoms with Crippen molar-refractivity contribution in [3.63, 3.8) is 0 Å². The van der Waals surface area contributed by atoms with Gasteiger partial charge in [-0.15, -0.1) is 11.3 Å². The molecule has 12 aromatic carbocycles. The van der Waals surface area contributed by atoms with Gasteiger partial charge in [0.1, 0.15) is 0 Å². The number of para-hydroxylation sites is 2. The zero-order valence-electron chi connectivity index (χ0n) is 41.6. The largest absolute Gasteiger partial charge is 0.309 e. The Bertz CT molecular complexity index is 4740. The van der Waals surface area contributed by atoms with Crippen LogP contribution in [0.3, 0.4) is 0 Å². The van der Waals surface area contributed by atoms with E-state index in [2.05, 4.69) is 264 Å². The van der Waals surface area contributed by atoms with E-state index in [9.17, 15) is 0 Å². The monoisotopic (exact) mass is 990 g/mol. The van der Waals surface area contributed by atoms with Crippen molar-refractivity contribution in [3.8, 4) is 55.9 Å². The van der Waals surface area contributed by atoms with Gasteiger partial charge in [0.2, 0.25) is 0 Å². The molecule has 3 aromatic heterocycles. The van der Waals surface area contributed by atoms with Crippen molar-refractivity contribution in [2.75, 3.05) is 0 Å². The minimum Gasteiger partial charge on any atom is -0.309 e. The molecule has 3 heteroatoms. The first-order chi connectivity index (χ1) is 38.2. The second-order valence-corrected chi connectivity index (χ2v) is 22.7. The highest BCUT2D eigenvalue weighted by molar-refractivity contribution is 7.27. The number of aromatic nitrogens is 2. The van der Waals surface area contributed by atoms with Crippen molar-refractivity contribution >= 4 is 75.1 Å². The van der Waals surface area contributed by atoms with E-state index < -0.39 is 10.8 Å². The van der Waals surface area contributed by atoms with Gasteiger partial charge in [-0.2, -0.15) is 0 Å². The van der Waals surface area contributed by atoms with Gasteiger partial charge in [-0.05, 0) is 138 Å². The molecule has 354 valence electrons. The number of benzene rings is 12. The normalized spacial score (nSPS) is 14.4. The lowest BCUT2D eigenvalue weighted by atomic mass is 9.70. The third kappa shape index (κ3) is 4.70. The van der Waals surface area contributed by atoms with Gasteiger partial charge in [0.05, 0.1) is 32.9 Å². The highest BCUT2D eigenvalue weighted by Gasteiger charge is 2.53. The Labute approximate surface area is 447 Å². The van der Waals surface area contributed by atoms with Crippen molar-refractivity contribution in [1.29, 1.82) is 0 Å². The molecule has 4 aliphatic rings. The van der Waals surface area contributed by atoms with E-state index in [0.717, 1.165) is 0 Å². The minimum atomic E-state index is -0.420. The molecule has 0 unspecified atom stereocenters. The first-order valence-electron chi connectivity index (χ1n) is 26.9. The first kappa shape index (κ1) is 40.8. The van der Waals surface area contributed by atoms with Gasteiger partial charge < -0.3 is 9.13 Å². The zero-order chi connectivity index (χ0) is 49.9. The second-order valence-electron chi connectivity index (χ2n) is 21.7. The first-order valence-corrected chi connectivity index (χ1v) is 27.7. The molecule has 0 amide bonds. The van der Waals surface area contributed by atoms with Crippen LogP contribution in [-0.4, -0.2) is 9.13 Å². The molecule has 77 heavy (non-hydrogen) atoms. The maximum absolute atomic E-state index is 2.54. The van der Waals surface area contributed by atoms with E-state index in [4.69, 9.17) is 0 Å². The summed E-state index contributed by atoms with van der Waals surface area (Å²) in [6.07, 6.45) is 0. The van der Waals surface area contributed by atoms with E-state index in [0.29, 0.717) is 0 Å². The number of hydrogen-bond donors (Lipinski definition) is 0. The van der Waals surface area contributed by atoms with Crippen LogP contribution in [0.5, 0.6) is 0 Å². The van der Waals surface area contributed by atoms with Crippen molar-refractivity contribution in [1.82, 2.24) is 9.13 Å². The molecule has 2 nitrogen and oxygen atoms in total. The zero-order valence-corrected chi connectivity index (χ0v) is 42.4. The number of nitrogens with zero attached hydrogens (tertiary/aromatic N) is 2. The molecule has 0 saturated heterocycles. The van der Waals surface area contributed by atoms with Gasteiger partial charge in [-0.25, -0.2) is 0 Å². The average molecular weight is 991 g/mol. The quantitative estimate of drug-likeness (QED) is 0.163. The molecule has 0 radical (unpaired) electrons. The number of fused-ring (bicyclic) bond motifs is 31. The Morgan fingerprint density at radius 3 is 0.883 bits per heavy atom. The Balaban J connectivity index is 0.838. The highest BCUT2D eigenvalue weighted by atomic mass is 32.1. The van der Waals surface area contributed by atoms with Gasteiger partial charge in [-0.3, -0.25) is 0 Å². The van der Waals surface area contributed by atoms with Gasteiger partial charge >= 0.3 is 0 Å². The molecule has 2 spiro atoms. The standard InChI is InChI=1S/C74H42N2S/c1-9-25-57-45(17-1)46-18-2-10-26-58(46)73(57)61-29-13-5-21-49(61)51-35-33-43(41-63(51)73)75-65-31-15-7-23-55(65)69-67(75)39-37-53-54-38-40-68-70(72(54)77-71(53)69)56-24-8-16-32-66(56)76(68)44-34-36-52-50-22-6-14-30-62(50)74(64(52)42-44)59-27-11-3-19-47(59)48-20-4-12-28-60(48)74/h1-42H. The van der Waals surface area contributed by atoms with Crippen LogP contribution in [0.25, 0.3) is 120 Å². The summed E-state index contributed by atoms with van der Waals surface area (Å²) >= 11 is 1.96. The molecular formula is C74H42N2S. The van der Waals surface area contributed by atoms with Gasteiger partial charge in [0, 0.05) is 53.1 Å². The minimum absolute atomic E-state index is 0.420. The Hall–Kier alpha value is -9.54. The van der Waals surface area contributed by atoms with E-state index in [1.54, 1.807) is 0 Å². The third-order valence-corrected chi connectivity index (χ3v) is 19.8. The highest BCUT2D eigenvalue weighted by Crippen LogP contribution is 2.65. The lowest BCUT2D eigenvalue weighted by Gasteiger charge is -2.30. The molecule has 3 heterocycles. The van der Waals surface area contributed by atoms with E-state index in [1.165, 1.54) is 164 Å². The second kappa shape index (κ2) is 14.2. The van der Waals surface area contributed by atoms with Crippen LogP contribution >= 0.6 is 11.3 Å². The predicted molar refractivity (Wildman–Crippen MR) is 321 cm³/mol. The number of thiophene rings is 1. The summed E-state index contributed by atoms with van der Waals surface area (Å²) in [6.45, 7) is 0. The van der Waals surface area contributed by atoms with Crippen LogP contribution in [-0.2, 0) is 10.8 Å². The van der Waals surface area contributed by atoms with E-state index in [1.807, 2.05) is 11.3 Å². The molecule has 0 N–H and O–H groups in total. The molecule has 0 saturated carbocycles. The van der Waals surface area contributed by atoms with Crippen molar-refractivity contribution in [3.05, 3.63) is 299 Å². The molecule has 15 aromatic rings. The summed E-state index contributed by atoms with van der Waals surface area (Å²) in [5.41, 5.74) is 27.8. The Morgan fingerprint density at radius 1 is 0.234 bits per heavy atom. The van der Waals surface area contributed by atoms with Gasteiger partial charge in [-0.1, -0.05) is 206 Å². The fourth-order valence-electron chi connectivity index (χ4n) is 15.8. The fraction of sp³-hybridized carbons (Fsp3) is 0.0270. The summed E-state index contributed by atoms with van der Waals surface area (Å²) < 4.78 is 7.74. The van der Waals surface area contributed by atoms with Crippen LogP contribution in [0.4, 0.5) is 0 Å².